The summed E-state index contributed by atoms with van der Waals surface area (Å²) in [5, 5.41) is 29.8. The fourth-order valence-corrected chi connectivity index (χ4v) is 3.00. The molecule has 0 saturated carbocycles. The van der Waals surface area contributed by atoms with Crippen molar-refractivity contribution in [3.05, 3.63) is 34.4 Å². The number of para-hydroxylation sites is 1. The maximum atomic E-state index is 12.2. The monoisotopic (exact) mass is 314 g/mol. The van der Waals surface area contributed by atoms with E-state index < -0.39 is 43.8 Å². The van der Waals surface area contributed by atoms with Gasteiger partial charge in [-0.25, -0.2) is 13.1 Å². The Morgan fingerprint density at radius 1 is 1.52 bits per heavy atom. The SMILES string of the molecule is C#C[C@@](C)(O)[C@@H](CO)NS(=O)(=O)c1ccccc1[N+](=O)[O-]. The first-order valence-corrected chi connectivity index (χ1v) is 7.20. The number of terminal acetylenes is 1. The molecule has 0 aliphatic heterocycles. The number of aliphatic hydroxyl groups is 2. The summed E-state index contributed by atoms with van der Waals surface area (Å²) in [5.41, 5.74) is -2.58. The van der Waals surface area contributed by atoms with Gasteiger partial charge in [-0.3, -0.25) is 10.1 Å². The van der Waals surface area contributed by atoms with Crippen molar-refractivity contribution < 1.29 is 23.6 Å². The lowest BCUT2D eigenvalue weighted by Crippen LogP contribution is -2.52. The molecule has 9 heteroatoms. The third-order valence-electron chi connectivity index (χ3n) is 2.80. The van der Waals surface area contributed by atoms with Crippen molar-refractivity contribution in [2.75, 3.05) is 6.61 Å². The zero-order valence-corrected chi connectivity index (χ0v) is 11.9. The van der Waals surface area contributed by atoms with E-state index in [1.807, 2.05) is 10.6 Å². The lowest BCUT2D eigenvalue weighted by atomic mass is 9.99. The number of nitro benzene ring substituents is 1. The van der Waals surface area contributed by atoms with Gasteiger partial charge in [0.15, 0.2) is 4.90 Å². The van der Waals surface area contributed by atoms with Crippen LogP contribution in [0.15, 0.2) is 29.2 Å². The summed E-state index contributed by atoms with van der Waals surface area (Å²) in [4.78, 5) is 9.43. The number of nitrogens with one attached hydrogen (secondary N) is 1. The summed E-state index contributed by atoms with van der Waals surface area (Å²) in [7, 11) is -4.35. The van der Waals surface area contributed by atoms with Crippen LogP contribution in [0.1, 0.15) is 6.92 Å². The Labute approximate surface area is 121 Å². The minimum absolute atomic E-state index is 0.582. The number of rotatable bonds is 6. The number of sulfonamides is 1. The maximum Gasteiger partial charge on any atom is 0.289 e. The normalized spacial score (nSPS) is 15.7. The molecule has 3 N–H and O–H groups in total. The van der Waals surface area contributed by atoms with Gasteiger partial charge >= 0.3 is 0 Å². The molecule has 8 nitrogen and oxygen atoms in total. The van der Waals surface area contributed by atoms with Crippen LogP contribution in [0.25, 0.3) is 0 Å². The smallest absolute Gasteiger partial charge is 0.289 e. The first-order chi connectivity index (χ1) is 9.65. The summed E-state index contributed by atoms with van der Waals surface area (Å²) in [6.45, 7) is 0.354. The van der Waals surface area contributed by atoms with Gasteiger partial charge in [0, 0.05) is 6.07 Å². The zero-order chi connectivity index (χ0) is 16.3. The highest BCUT2D eigenvalue weighted by Crippen LogP contribution is 2.23. The van der Waals surface area contributed by atoms with E-state index in [9.17, 15) is 23.6 Å². The molecule has 1 aromatic rings. The Kier molecular flexibility index (Phi) is 5.03. The number of nitrogens with zero attached hydrogens (tertiary/aromatic N) is 1. The van der Waals surface area contributed by atoms with Crippen molar-refractivity contribution in [2.45, 2.75) is 23.5 Å². The fourth-order valence-electron chi connectivity index (χ4n) is 1.52. The Morgan fingerprint density at radius 2 is 2.10 bits per heavy atom. The molecule has 0 amide bonds. The van der Waals surface area contributed by atoms with Gasteiger partial charge in [0.2, 0.25) is 10.0 Å². The molecule has 21 heavy (non-hydrogen) atoms. The van der Waals surface area contributed by atoms with E-state index in [2.05, 4.69) is 0 Å². The number of nitro groups is 1. The first kappa shape index (κ1) is 17.1. The third kappa shape index (κ3) is 3.77. The number of benzene rings is 1. The van der Waals surface area contributed by atoms with Crippen molar-refractivity contribution in [2.24, 2.45) is 0 Å². The molecule has 0 heterocycles. The topological polar surface area (TPSA) is 130 Å². The minimum Gasteiger partial charge on any atom is -0.395 e. The van der Waals surface area contributed by atoms with Crippen LogP contribution in [-0.4, -0.2) is 41.8 Å². The molecule has 0 fully saturated rings. The molecular formula is C12H14N2O6S. The third-order valence-corrected chi connectivity index (χ3v) is 4.32. The van der Waals surface area contributed by atoms with E-state index in [0.717, 1.165) is 19.1 Å². The predicted molar refractivity (Wildman–Crippen MR) is 73.7 cm³/mol. The van der Waals surface area contributed by atoms with Gasteiger partial charge < -0.3 is 10.2 Å². The summed E-state index contributed by atoms with van der Waals surface area (Å²) < 4.78 is 26.3. The molecule has 0 saturated heterocycles. The van der Waals surface area contributed by atoms with Crippen LogP contribution in [-0.2, 0) is 10.0 Å². The zero-order valence-electron chi connectivity index (χ0n) is 11.1. The molecule has 114 valence electrons. The number of aliphatic hydroxyl groups excluding tert-OH is 1. The molecule has 0 spiro atoms. The highest BCUT2D eigenvalue weighted by molar-refractivity contribution is 7.89. The lowest BCUT2D eigenvalue weighted by Gasteiger charge is -2.27. The summed E-state index contributed by atoms with van der Waals surface area (Å²) >= 11 is 0. The standard InChI is InChI=1S/C12H14N2O6S/c1-3-12(2,16)11(8-15)13-21(19,20)10-7-5-4-6-9(10)14(17)18/h1,4-7,11,13,15-16H,8H2,2H3/t11-,12-/m1/s1. The second-order valence-electron chi connectivity index (χ2n) is 4.37. The summed E-state index contributed by atoms with van der Waals surface area (Å²) in [6, 6.07) is 3.29. The van der Waals surface area contributed by atoms with Gasteiger partial charge in [-0.1, -0.05) is 18.1 Å². The Balaban J connectivity index is 3.25. The summed E-state index contributed by atoms with van der Waals surface area (Å²) in [5.74, 6) is 1.94. The average Bonchev–Trinajstić information content (AvgIpc) is 2.44. The average molecular weight is 314 g/mol. The van der Waals surface area contributed by atoms with E-state index in [4.69, 9.17) is 11.5 Å². The maximum absolute atomic E-state index is 12.2. The number of hydrogen-bond donors (Lipinski definition) is 3. The predicted octanol–water partition coefficient (Wildman–Crippen LogP) is -0.382. The summed E-state index contributed by atoms with van der Waals surface area (Å²) in [6.07, 6.45) is 5.06. The highest BCUT2D eigenvalue weighted by atomic mass is 32.2. The quantitative estimate of drug-likeness (QED) is 0.373. The largest absolute Gasteiger partial charge is 0.395 e. The van der Waals surface area contributed by atoms with Gasteiger partial charge in [-0.05, 0) is 13.0 Å². The number of hydrogen-bond acceptors (Lipinski definition) is 6. The van der Waals surface area contributed by atoms with Crippen LogP contribution in [0.3, 0.4) is 0 Å². The van der Waals surface area contributed by atoms with Gasteiger partial charge in [0.1, 0.15) is 5.60 Å². The van der Waals surface area contributed by atoms with Crippen LogP contribution >= 0.6 is 0 Å². The van der Waals surface area contributed by atoms with E-state index in [1.165, 1.54) is 12.1 Å². The second kappa shape index (κ2) is 6.19. The molecule has 1 aromatic carbocycles. The Bertz CT molecular complexity index is 677. The van der Waals surface area contributed by atoms with Gasteiger partial charge in [0.25, 0.3) is 5.69 Å². The molecule has 1 rings (SSSR count). The molecule has 0 unspecified atom stereocenters. The van der Waals surface area contributed by atoms with Crippen molar-refractivity contribution in [3.63, 3.8) is 0 Å². The van der Waals surface area contributed by atoms with Crippen molar-refractivity contribution in [1.82, 2.24) is 4.72 Å². The van der Waals surface area contributed by atoms with Crippen LogP contribution in [0.4, 0.5) is 5.69 Å². The van der Waals surface area contributed by atoms with Crippen LogP contribution in [0.2, 0.25) is 0 Å². The minimum atomic E-state index is -4.35. The molecule has 0 radical (unpaired) electrons. The van der Waals surface area contributed by atoms with Gasteiger partial charge in [-0.2, -0.15) is 0 Å². The van der Waals surface area contributed by atoms with E-state index in [-0.39, 0.29) is 0 Å². The van der Waals surface area contributed by atoms with Crippen LogP contribution < -0.4 is 4.72 Å². The molecule has 0 aromatic heterocycles. The Hall–Kier alpha value is -1.99. The lowest BCUT2D eigenvalue weighted by molar-refractivity contribution is -0.387. The van der Waals surface area contributed by atoms with Crippen molar-refractivity contribution >= 4 is 15.7 Å². The fraction of sp³-hybridized carbons (Fsp3) is 0.333. The second-order valence-corrected chi connectivity index (χ2v) is 6.06. The van der Waals surface area contributed by atoms with E-state index >= 15 is 0 Å². The molecule has 2 atom stereocenters. The molecule has 0 aliphatic carbocycles. The van der Waals surface area contributed by atoms with Crippen molar-refractivity contribution in [1.29, 1.82) is 0 Å². The van der Waals surface area contributed by atoms with Gasteiger partial charge in [-0.15, -0.1) is 6.42 Å². The highest BCUT2D eigenvalue weighted by Gasteiger charge is 2.35. The van der Waals surface area contributed by atoms with Crippen molar-refractivity contribution in [3.8, 4) is 12.3 Å². The molecule has 0 bridgehead atoms. The Morgan fingerprint density at radius 3 is 2.57 bits per heavy atom. The van der Waals surface area contributed by atoms with Crippen LogP contribution in [0, 0.1) is 22.5 Å². The van der Waals surface area contributed by atoms with Crippen LogP contribution in [0.5, 0.6) is 0 Å². The molecule has 0 aliphatic rings. The van der Waals surface area contributed by atoms with E-state index in [1.54, 1.807) is 0 Å². The molecular weight excluding hydrogens is 300 g/mol. The van der Waals surface area contributed by atoms with E-state index in [0.29, 0.717) is 0 Å². The van der Waals surface area contributed by atoms with Gasteiger partial charge in [0.05, 0.1) is 17.6 Å². The first-order valence-electron chi connectivity index (χ1n) is 5.72.